The zero-order chi connectivity index (χ0) is 39.0. The normalized spacial score (nSPS) is 12.6. The lowest BCUT2D eigenvalue weighted by atomic mass is 9.99. The van der Waals surface area contributed by atoms with Crippen LogP contribution in [0, 0.1) is 11.8 Å². The van der Waals surface area contributed by atoms with Gasteiger partial charge in [0.2, 0.25) is 0 Å². The summed E-state index contributed by atoms with van der Waals surface area (Å²) in [4.78, 5) is 37.7. The Morgan fingerprint density at radius 3 is 1.08 bits per heavy atom. The van der Waals surface area contributed by atoms with Crippen LogP contribution in [0.5, 0.6) is 0 Å². The third-order valence-electron chi connectivity index (χ3n) is 10.8. The third kappa shape index (κ3) is 39.9. The fourth-order valence-electron chi connectivity index (χ4n) is 6.90. The van der Waals surface area contributed by atoms with E-state index in [9.17, 15) is 14.4 Å². The molecule has 1 unspecified atom stereocenters. The van der Waals surface area contributed by atoms with Crippen molar-refractivity contribution in [2.45, 2.75) is 259 Å². The molecule has 0 heterocycles. The first kappa shape index (κ1) is 51.4. The second-order valence-electron chi connectivity index (χ2n) is 16.8. The van der Waals surface area contributed by atoms with Gasteiger partial charge in [-0.3, -0.25) is 14.4 Å². The van der Waals surface area contributed by atoms with E-state index in [1.165, 1.54) is 141 Å². The standard InChI is InChI=1S/C47H90O6/c1-6-8-9-10-11-12-16-24-29-34-39-47(50)53-44(41-52-46(49)38-33-28-23-19-18-21-26-31-36-43(5)7-2)40-51-45(48)37-32-27-22-17-14-13-15-20-25-30-35-42(3)4/h42-44H,6-41H2,1-5H3/t43?,44-/m0/s1. The summed E-state index contributed by atoms with van der Waals surface area (Å²) in [6.07, 6.45) is 37.9. The Morgan fingerprint density at radius 1 is 0.396 bits per heavy atom. The number of carbonyl (C=O) groups is 3. The zero-order valence-electron chi connectivity index (χ0n) is 36.1. The Labute approximate surface area is 329 Å². The molecule has 0 spiro atoms. The number of esters is 3. The van der Waals surface area contributed by atoms with Crippen LogP contribution in [-0.4, -0.2) is 37.2 Å². The molecule has 0 aromatic carbocycles. The van der Waals surface area contributed by atoms with Gasteiger partial charge >= 0.3 is 17.9 Å². The van der Waals surface area contributed by atoms with E-state index >= 15 is 0 Å². The lowest BCUT2D eigenvalue weighted by molar-refractivity contribution is -0.167. The van der Waals surface area contributed by atoms with Crippen LogP contribution >= 0.6 is 0 Å². The number of ether oxygens (including phenoxy) is 3. The maximum atomic E-state index is 12.7. The molecule has 53 heavy (non-hydrogen) atoms. The van der Waals surface area contributed by atoms with Crippen molar-refractivity contribution >= 4 is 17.9 Å². The number of rotatable bonds is 41. The van der Waals surface area contributed by atoms with Gasteiger partial charge in [-0.2, -0.15) is 0 Å². The van der Waals surface area contributed by atoms with Gasteiger partial charge in [-0.15, -0.1) is 0 Å². The van der Waals surface area contributed by atoms with Crippen molar-refractivity contribution in [2.75, 3.05) is 13.2 Å². The van der Waals surface area contributed by atoms with Crippen LogP contribution in [0.25, 0.3) is 0 Å². The summed E-state index contributed by atoms with van der Waals surface area (Å²) < 4.78 is 16.7. The van der Waals surface area contributed by atoms with Gasteiger partial charge < -0.3 is 14.2 Å². The van der Waals surface area contributed by atoms with E-state index in [2.05, 4.69) is 34.6 Å². The minimum Gasteiger partial charge on any atom is -0.462 e. The average molecular weight is 751 g/mol. The quantitative estimate of drug-likeness (QED) is 0.0352. The van der Waals surface area contributed by atoms with Crippen LogP contribution in [0.4, 0.5) is 0 Å². The van der Waals surface area contributed by atoms with Crippen molar-refractivity contribution in [3.63, 3.8) is 0 Å². The molecule has 2 atom stereocenters. The van der Waals surface area contributed by atoms with Gasteiger partial charge in [-0.05, 0) is 31.1 Å². The largest absolute Gasteiger partial charge is 0.462 e. The lowest BCUT2D eigenvalue weighted by Gasteiger charge is -2.18. The predicted molar refractivity (Wildman–Crippen MR) is 224 cm³/mol. The van der Waals surface area contributed by atoms with E-state index in [-0.39, 0.29) is 31.1 Å². The highest BCUT2D eigenvalue weighted by molar-refractivity contribution is 5.71. The molecule has 0 aliphatic carbocycles. The zero-order valence-corrected chi connectivity index (χ0v) is 36.1. The molecule has 0 saturated heterocycles. The van der Waals surface area contributed by atoms with Crippen LogP contribution < -0.4 is 0 Å². The van der Waals surface area contributed by atoms with Crippen LogP contribution in [0.2, 0.25) is 0 Å². The SMILES string of the molecule is CCCCCCCCCCCCC(=O)O[C@@H](COC(=O)CCCCCCCCCCCCC(C)C)COC(=O)CCCCCCCCCCC(C)CC. The fourth-order valence-corrected chi connectivity index (χ4v) is 6.90. The van der Waals surface area contributed by atoms with E-state index in [1.54, 1.807) is 0 Å². The van der Waals surface area contributed by atoms with Crippen molar-refractivity contribution < 1.29 is 28.6 Å². The van der Waals surface area contributed by atoms with Gasteiger partial charge in [-0.25, -0.2) is 0 Å². The summed E-state index contributed by atoms with van der Waals surface area (Å²) in [5, 5.41) is 0. The first-order valence-electron chi connectivity index (χ1n) is 23.3. The monoisotopic (exact) mass is 751 g/mol. The Morgan fingerprint density at radius 2 is 0.717 bits per heavy atom. The van der Waals surface area contributed by atoms with Crippen molar-refractivity contribution in [3.8, 4) is 0 Å². The molecule has 314 valence electrons. The summed E-state index contributed by atoms with van der Waals surface area (Å²) >= 11 is 0. The Kier molecular flexibility index (Phi) is 38.9. The Hall–Kier alpha value is -1.59. The first-order valence-corrected chi connectivity index (χ1v) is 23.3. The Bertz CT molecular complexity index is 811. The molecule has 0 amide bonds. The number of hydrogen-bond donors (Lipinski definition) is 0. The van der Waals surface area contributed by atoms with Crippen LogP contribution in [0.1, 0.15) is 253 Å². The number of carbonyl (C=O) groups excluding carboxylic acids is 3. The molecule has 0 N–H and O–H groups in total. The molecule has 0 radical (unpaired) electrons. The topological polar surface area (TPSA) is 78.9 Å². The van der Waals surface area contributed by atoms with Gasteiger partial charge in [0, 0.05) is 19.3 Å². The number of unbranched alkanes of at least 4 members (excludes halogenated alkanes) is 25. The summed E-state index contributed by atoms with van der Waals surface area (Å²) in [6, 6.07) is 0. The predicted octanol–water partition coefficient (Wildman–Crippen LogP) is 14.6. The molecule has 6 heteroatoms. The van der Waals surface area contributed by atoms with E-state index in [0.717, 1.165) is 69.6 Å². The highest BCUT2D eigenvalue weighted by Gasteiger charge is 2.19. The lowest BCUT2D eigenvalue weighted by Crippen LogP contribution is -2.30. The summed E-state index contributed by atoms with van der Waals surface area (Å²) in [5.41, 5.74) is 0. The minimum absolute atomic E-state index is 0.0651. The van der Waals surface area contributed by atoms with Gasteiger partial charge in [0.05, 0.1) is 0 Å². The third-order valence-corrected chi connectivity index (χ3v) is 10.8. The molecule has 0 saturated carbocycles. The van der Waals surface area contributed by atoms with Crippen molar-refractivity contribution in [2.24, 2.45) is 11.8 Å². The highest BCUT2D eigenvalue weighted by atomic mass is 16.6. The summed E-state index contributed by atoms with van der Waals surface area (Å²) in [6.45, 7) is 11.3. The maximum absolute atomic E-state index is 12.7. The second-order valence-corrected chi connectivity index (χ2v) is 16.8. The van der Waals surface area contributed by atoms with Crippen LogP contribution in [0.3, 0.4) is 0 Å². The van der Waals surface area contributed by atoms with Gasteiger partial charge in [0.1, 0.15) is 13.2 Å². The molecule has 0 rings (SSSR count). The van der Waals surface area contributed by atoms with Gasteiger partial charge in [0.15, 0.2) is 6.10 Å². The van der Waals surface area contributed by atoms with E-state index in [0.29, 0.717) is 19.3 Å². The van der Waals surface area contributed by atoms with Crippen molar-refractivity contribution in [1.82, 2.24) is 0 Å². The maximum Gasteiger partial charge on any atom is 0.306 e. The molecule has 0 aliphatic rings. The molecule has 6 nitrogen and oxygen atoms in total. The van der Waals surface area contributed by atoms with Crippen LogP contribution in [0.15, 0.2) is 0 Å². The van der Waals surface area contributed by atoms with E-state index in [1.807, 2.05) is 0 Å². The van der Waals surface area contributed by atoms with Crippen molar-refractivity contribution in [3.05, 3.63) is 0 Å². The molecule has 0 aromatic rings. The fraction of sp³-hybridized carbons (Fsp3) is 0.936. The molecule has 0 bridgehead atoms. The Balaban J connectivity index is 4.33. The highest BCUT2D eigenvalue weighted by Crippen LogP contribution is 2.17. The molecular weight excluding hydrogens is 661 g/mol. The molecule has 0 fully saturated rings. The summed E-state index contributed by atoms with van der Waals surface area (Å²) in [5.74, 6) is 0.808. The van der Waals surface area contributed by atoms with Crippen LogP contribution in [-0.2, 0) is 28.6 Å². The van der Waals surface area contributed by atoms with Crippen molar-refractivity contribution in [1.29, 1.82) is 0 Å². The van der Waals surface area contributed by atoms with Gasteiger partial charge in [0.25, 0.3) is 0 Å². The average Bonchev–Trinajstić information content (AvgIpc) is 3.14. The van der Waals surface area contributed by atoms with E-state index in [4.69, 9.17) is 14.2 Å². The van der Waals surface area contributed by atoms with E-state index < -0.39 is 6.10 Å². The van der Waals surface area contributed by atoms with Gasteiger partial charge in [-0.1, -0.05) is 214 Å². The second kappa shape index (κ2) is 40.1. The smallest absolute Gasteiger partial charge is 0.306 e. The number of hydrogen-bond acceptors (Lipinski definition) is 6. The molecular formula is C47H90O6. The summed E-state index contributed by atoms with van der Waals surface area (Å²) in [7, 11) is 0. The molecule has 0 aromatic heterocycles. The minimum atomic E-state index is -0.760. The first-order chi connectivity index (χ1) is 25.8. The molecule has 0 aliphatic heterocycles.